The van der Waals surface area contributed by atoms with Crippen molar-refractivity contribution in [2.75, 3.05) is 33.1 Å². The molecule has 0 saturated heterocycles. The minimum Gasteiger partial charge on any atom is -0.490 e. The fourth-order valence-electron chi connectivity index (χ4n) is 1.17. The normalized spacial score (nSPS) is 9.88. The summed E-state index contributed by atoms with van der Waals surface area (Å²) < 4.78 is 5.07. The van der Waals surface area contributed by atoms with Crippen molar-refractivity contribution in [1.82, 2.24) is 14.9 Å². The summed E-state index contributed by atoms with van der Waals surface area (Å²) >= 11 is 5.83. The Morgan fingerprint density at radius 2 is 2.24 bits per heavy atom. The molecule has 0 bridgehead atoms. The maximum atomic E-state index is 11.4. The third-order valence-corrected chi connectivity index (χ3v) is 2.36. The first-order valence-corrected chi connectivity index (χ1v) is 5.42. The first-order chi connectivity index (χ1) is 8.06. The van der Waals surface area contributed by atoms with E-state index >= 15 is 0 Å². The number of aromatic nitrogens is 2. The van der Waals surface area contributed by atoms with Gasteiger partial charge >= 0.3 is 0 Å². The second-order valence-corrected chi connectivity index (χ2v) is 3.87. The molecule has 1 amide bonds. The van der Waals surface area contributed by atoms with Gasteiger partial charge in [0.05, 0.1) is 7.11 Å². The smallest absolute Gasteiger partial charge is 0.223 e. The molecule has 1 aromatic heterocycles. The van der Waals surface area contributed by atoms with Crippen molar-refractivity contribution in [3.05, 3.63) is 11.5 Å². The fraction of sp³-hybridized carbons (Fsp3) is 0.500. The second kappa shape index (κ2) is 6.24. The van der Waals surface area contributed by atoms with E-state index in [1.807, 2.05) is 0 Å². The molecular weight excluding hydrogens is 244 g/mol. The zero-order valence-corrected chi connectivity index (χ0v) is 10.8. The number of nitrogens with zero attached hydrogens (tertiary/aromatic N) is 3. The highest BCUT2D eigenvalue weighted by Crippen LogP contribution is 2.28. The summed E-state index contributed by atoms with van der Waals surface area (Å²) in [5.41, 5.74) is 0. The van der Waals surface area contributed by atoms with Crippen LogP contribution in [0.15, 0.2) is 6.33 Å². The first kappa shape index (κ1) is 13.5. The van der Waals surface area contributed by atoms with E-state index in [-0.39, 0.29) is 11.1 Å². The Hall–Kier alpha value is -1.56. The van der Waals surface area contributed by atoms with Crippen molar-refractivity contribution in [1.29, 1.82) is 0 Å². The van der Waals surface area contributed by atoms with Crippen LogP contribution in [0.3, 0.4) is 0 Å². The minimum atomic E-state index is 0.0385. The van der Waals surface area contributed by atoms with Crippen LogP contribution >= 0.6 is 11.6 Å². The summed E-state index contributed by atoms with van der Waals surface area (Å²) in [6, 6.07) is 0. The van der Waals surface area contributed by atoms with E-state index in [1.165, 1.54) is 18.3 Å². The zero-order valence-electron chi connectivity index (χ0n) is 10.0. The molecule has 94 valence electrons. The number of nitrogens with one attached hydrogen (secondary N) is 1. The topological polar surface area (TPSA) is 67.4 Å². The Kier molecular flexibility index (Phi) is 4.96. The zero-order chi connectivity index (χ0) is 12.8. The largest absolute Gasteiger partial charge is 0.490 e. The van der Waals surface area contributed by atoms with Crippen LogP contribution < -0.4 is 10.1 Å². The number of hydrogen-bond donors (Lipinski definition) is 1. The van der Waals surface area contributed by atoms with Gasteiger partial charge in [-0.25, -0.2) is 9.97 Å². The van der Waals surface area contributed by atoms with Crippen molar-refractivity contribution < 1.29 is 9.53 Å². The van der Waals surface area contributed by atoms with Gasteiger partial charge in [0.15, 0.2) is 16.7 Å². The summed E-state index contributed by atoms with van der Waals surface area (Å²) in [6.07, 6.45) is 1.71. The van der Waals surface area contributed by atoms with Crippen LogP contribution in [0.1, 0.15) is 6.42 Å². The molecule has 1 heterocycles. The Bertz CT molecular complexity index is 398. The maximum Gasteiger partial charge on any atom is 0.223 e. The number of rotatable bonds is 5. The summed E-state index contributed by atoms with van der Waals surface area (Å²) in [5.74, 6) is 0.905. The molecule has 0 aliphatic heterocycles. The van der Waals surface area contributed by atoms with Crippen molar-refractivity contribution in [2.24, 2.45) is 0 Å². The average molecular weight is 259 g/mol. The number of ether oxygens (including phenoxy) is 1. The predicted octanol–water partition coefficient (Wildman–Crippen LogP) is 1.03. The van der Waals surface area contributed by atoms with Gasteiger partial charge in [0.2, 0.25) is 5.91 Å². The lowest BCUT2D eigenvalue weighted by molar-refractivity contribution is -0.128. The highest BCUT2D eigenvalue weighted by atomic mass is 35.5. The number of carbonyl (C=O) groups excluding carboxylic acids is 1. The molecular formula is C10H15ClN4O2. The maximum absolute atomic E-state index is 11.4. The lowest BCUT2D eigenvalue weighted by Gasteiger charge is -2.12. The fourth-order valence-corrected chi connectivity index (χ4v) is 1.38. The van der Waals surface area contributed by atoms with Gasteiger partial charge in [-0.15, -0.1) is 0 Å². The standard InChI is InChI=1S/C10H15ClN4O2/c1-15(2)7(16)4-5-12-10-8(17-3)9(11)13-6-14-10/h6H,4-5H2,1-3H3,(H,12,13,14). The van der Waals surface area contributed by atoms with E-state index in [0.29, 0.717) is 24.5 Å². The quantitative estimate of drug-likeness (QED) is 0.799. The molecule has 0 atom stereocenters. The highest BCUT2D eigenvalue weighted by Gasteiger charge is 2.10. The Labute approximate surface area is 105 Å². The van der Waals surface area contributed by atoms with E-state index in [0.717, 1.165) is 0 Å². The monoisotopic (exact) mass is 258 g/mol. The van der Waals surface area contributed by atoms with Crippen LogP contribution in [-0.2, 0) is 4.79 Å². The molecule has 0 aliphatic carbocycles. The molecule has 0 saturated carbocycles. The minimum absolute atomic E-state index is 0.0385. The van der Waals surface area contributed by atoms with E-state index in [1.54, 1.807) is 14.1 Å². The molecule has 0 fully saturated rings. The number of halogens is 1. The average Bonchev–Trinajstić information content (AvgIpc) is 2.29. The molecule has 0 aromatic carbocycles. The molecule has 0 unspecified atom stereocenters. The molecule has 1 rings (SSSR count). The molecule has 0 spiro atoms. The second-order valence-electron chi connectivity index (χ2n) is 3.51. The number of hydrogen-bond acceptors (Lipinski definition) is 5. The van der Waals surface area contributed by atoms with Crippen LogP contribution in [0.2, 0.25) is 5.15 Å². The van der Waals surface area contributed by atoms with E-state index < -0.39 is 0 Å². The number of anilines is 1. The lowest BCUT2D eigenvalue weighted by Crippen LogP contribution is -2.24. The van der Waals surface area contributed by atoms with E-state index in [4.69, 9.17) is 16.3 Å². The van der Waals surface area contributed by atoms with Crippen LogP contribution in [-0.4, -0.2) is 48.5 Å². The van der Waals surface area contributed by atoms with Crippen molar-refractivity contribution in [3.8, 4) is 5.75 Å². The Balaban J connectivity index is 2.58. The molecule has 0 radical (unpaired) electrons. The van der Waals surface area contributed by atoms with Gasteiger partial charge < -0.3 is 15.0 Å². The van der Waals surface area contributed by atoms with Crippen LogP contribution in [0.25, 0.3) is 0 Å². The summed E-state index contributed by atoms with van der Waals surface area (Å²) in [5, 5.41) is 3.22. The van der Waals surface area contributed by atoms with Crippen LogP contribution in [0, 0.1) is 0 Å². The van der Waals surface area contributed by atoms with E-state index in [2.05, 4.69) is 15.3 Å². The third-order valence-electron chi connectivity index (χ3n) is 2.09. The summed E-state index contributed by atoms with van der Waals surface area (Å²) in [6.45, 7) is 0.459. The van der Waals surface area contributed by atoms with Gasteiger partial charge in [-0.3, -0.25) is 4.79 Å². The third kappa shape index (κ3) is 3.74. The molecule has 7 heteroatoms. The van der Waals surface area contributed by atoms with Gasteiger partial charge in [0.25, 0.3) is 0 Å². The van der Waals surface area contributed by atoms with Crippen molar-refractivity contribution in [2.45, 2.75) is 6.42 Å². The van der Waals surface area contributed by atoms with Crippen molar-refractivity contribution in [3.63, 3.8) is 0 Å². The van der Waals surface area contributed by atoms with Gasteiger partial charge in [-0.05, 0) is 0 Å². The van der Waals surface area contributed by atoms with Gasteiger partial charge in [0, 0.05) is 27.1 Å². The Morgan fingerprint density at radius 3 is 2.82 bits per heavy atom. The molecule has 0 aliphatic rings. The first-order valence-electron chi connectivity index (χ1n) is 5.04. The number of amides is 1. The summed E-state index contributed by atoms with van der Waals surface area (Å²) in [4.78, 5) is 20.7. The lowest BCUT2D eigenvalue weighted by atomic mass is 10.3. The summed E-state index contributed by atoms with van der Waals surface area (Å²) in [7, 11) is 4.91. The molecule has 17 heavy (non-hydrogen) atoms. The molecule has 6 nitrogen and oxygen atoms in total. The van der Waals surface area contributed by atoms with Gasteiger partial charge in [-0.2, -0.15) is 0 Å². The van der Waals surface area contributed by atoms with Gasteiger partial charge in [-0.1, -0.05) is 11.6 Å². The number of carbonyl (C=O) groups is 1. The van der Waals surface area contributed by atoms with E-state index in [9.17, 15) is 4.79 Å². The highest BCUT2D eigenvalue weighted by molar-refractivity contribution is 6.31. The van der Waals surface area contributed by atoms with Crippen LogP contribution in [0.4, 0.5) is 5.82 Å². The SMILES string of the molecule is COc1c(Cl)ncnc1NCCC(=O)N(C)C. The Morgan fingerprint density at radius 1 is 1.53 bits per heavy atom. The van der Waals surface area contributed by atoms with Crippen LogP contribution in [0.5, 0.6) is 5.75 Å². The molecule has 1 aromatic rings. The van der Waals surface area contributed by atoms with Crippen molar-refractivity contribution >= 4 is 23.3 Å². The van der Waals surface area contributed by atoms with Gasteiger partial charge in [0.1, 0.15) is 6.33 Å². The molecule has 1 N–H and O–H groups in total. The predicted molar refractivity (Wildman–Crippen MR) is 65.4 cm³/mol. The number of methoxy groups -OCH3 is 1.